The number of aromatic nitrogens is 1. The SMILES string of the molecule is CCOc1cc(C(C)(C)C)ncc1C1=NC(C)(c2ccc(Cl)cc2)[C@@](C)(C2C=CC(Cl)=CC2)N1. The maximum atomic E-state index is 6.26. The van der Waals surface area contributed by atoms with Crippen LogP contribution in [0, 0.1) is 5.92 Å². The number of aliphatic imine (C=N–C) groups is 1. The molecule has 0 amide bonds. The molecule has 0 saturated heterocycles. The molecule has 34 heavy (non-hydrogen) atoms. The van der Waals surface area contributed by atoms with Gasteiger partial charge in [-0.15, -0.1) is 0 Å². The zero-order valence-electron chi connectivity index (χ0n) is 20.7. The van der Waals surface area contributed by atoms with Gasteiger partial charge in [0.1, 0.15) is 17.1 Å². The zero-order valence-corrected chi connectivity index (χ0v) is 22.3. The second kappa shape index (κ2) is 9.05. The van der Waals surface area contributed by atoms with Crippen LogP contribution in [0.5, 0.6) is 5.75 Å². The molecular formula is C28H33Cl2N3O. The average Bonchev–Trinajstić information content (AvgIpc) is 3.06. The molecule has 0 saturated carbocycles. The average molecular weight is 498 g/mol. The Bertz CT molecular complexity index is 1160. The molecule has 4 rings (SSSR count). The number of nitrogens with one attached hydrogen (secondary N) is 1. The molecule has 0 spiro atoms. The second-order valence-electron chi connectivity index (χ2n) is 10.4. The Labute approximate surface area is 213 Å². The van der Waals surface area contributed by atoms with Crippen molar-refractivity contribution in [3.63, 3.8) is 0 Å². The number of hydrogen-bond donors (Lipinski definition) is 1. The highest BCUT2D eigenvalue weighted by molar-refractivity contribution is 6.31. The van der Waals surface area contributed by atoms with Gasteiger partial charge in [-0.3, -0.25) is 9.98 Å². The number of ether oxygens (including phenoxy) is 1. The minimum Gasteiger partial charge on any atom is -0.493 e. The standard InChI is InChI=1S/C28H33Cl2N3O/c1-7-34-23-16-24(26(2,3)4)31-17-22(23)25-32-27(5,18-8-12-20(29)13-9-18)28(6,33-25)19-10-14-21(30)15-11-19/h8-10,12-17,19H,7,11H2,1-6H3,(H,32,33)/t19?,27?,28-/m1/s1. The van der Waals surface area contributed by atoms with Gasteiger partial charge in [0.2, 0.25) is 0 Å². The van der Waals surface area contributed by atoms with Crippen molar-refractivity contribution in [1.82, 2.24) is 10.3 Å². The molecule has 2 heterocycles. The summed E-state index contributed by atoms with van der Waals surface area (Å²) in [6.45, 7) is 13.4. The van der Waals surface area contributed by atoms with Gasteiger partial charge in [-0.05, 0) is 51.0 Å². The number of benzene rings is 1. The minimum absolute atomic E-state index is 0.0832. The molecule has 180 valence electrons. The van der Waals surface area contributed by atoms with Gasteiger partial charge < -0.3 is 10.1 Å². The van der Waals surface area contributed by atoms with Gasteiger partial charge in [0.25, 0.3) is 0 Å². The van der Waals surface area contributed by atoms with Crippen LogP contribution in [0.25, 0.3) is 0 Å². The van der Waals surface area contributed by atoms with E-state index in [1.165, 1.54) is 0 Å². The summed E-state index contributed by atoms with van der Waals surface area (Å²) in [6, 6.07) is 10.0. The first-order valence-corrected chi connectivity index (χ1v) is 12.5. The van der Waals surface area contributed by atoms with Gasteiger partial charge in [0, 0.05) is 39.3 Å². The lowest BCUT2D eigenvalue weighted by atomic mass is 9.67. The van der Waals surface area contributed by atoms with Crippen molar-refractivity contribution < 1.29 is 4.74 Å². The van der Waals surface area contributed by atoms with Crippen LogP contribution in [0.1, 0.15) is 64.8 Å². The number of pyridine rings is 1. The summed E-state index contributed by atoms with van der Waals surface area (Å²) in [5.74, 6) is 1.75. The summed E-state index contributed by atoms with van der Waals surface area (Å²) in [4.78, 5) is 10.1. The first kappa shape index (κ1) is 24.8. The molecule has 1 aliphatic carbocycles. The van der Waals surface area contributed by atoms with E-state index in [0.717, 1.165) is 39.9 Å². The first-order valence-electron chi connectivity index (χ1n) is 11.8. The summed E-state index contributed by atoms with van der Waals surface area (Å²) >= 11 is 12.5. The van der Waals surface area contributed by atoms with Crippen molar-refractivity contribution in [2.75, 3.05) is 6.61 Å². The molecule has 0 bridgehead atoms. The van der Waals surface area contributed by atoms with E-state index in [2.05, 4.69) is 64.2 Å². The molecular weight excluding hydrogens is 465 g/mol. The van der Waals surface area contributed by atoms with Gasteiger partial charge >= 0.3 is 0 Å². The van der Waals surface area contributed by atoms with Crippen molar-refractivity contribution in [1.29, 1.82) is 0 Å². The smallest absolute Gasteiger partial charge is 0.135 e. The Balaban J connectivity index is 1.85. The van der Waals surface area contributed by atoms with Crippen LogP contribution < -0.4 is 10.1 Å². The Kier molecular flexibility index (Phi) is 6.61. The fourth-order valence-electron chi connectivity index (χ4n) is 4.78. The summed E-state index contributed by atoms with van der Waals surface area (Å²) in [5, 5.41) is 5.28. The molecule has 1 N–H and O–H groups in total. The van der Waals surface area contributed by atoms with Crippen LogP contribution in [-0.4, -0.2) is 23.0 Å². The summed E-state index contributed by atoms with van der Waals surface area (Å²) < 4.78 is 6.08. The van der Waals surface area contributed by atoms with Crippen molar-refractivity contribution >= 4 is 29.0 Å². The Morgan fingerprint density at radius 1 is 1.15 bits per heavy atom. The second-order valence-corrected chi connectivity index (χ2v) is 11.3. The van der Waals surface area contributed by atoms with E-state index in [1.54, 1.807) is 0 Å². The van der Waals surface area contributed by atoms with Crippen molar-refractivity contribution in [3.05, 3.63) is 81.6 Å². The minimum atomic E-state index is -0.564. The van der Waals surface area contributed by atoms with Crippen molar-refractivity contribution in [2.24, 2.45) is 10.9 Å². The first-order chi connectivity index (χ1) is 16.0. The highest BCUT2D eigenvalue weighted by atomic mass is 35.5. The maximum absolute atomic E-state index is 6.26. The number of nitrogens with zero attached hydrogens (tertiary/aromatic N) is 2. The Hall–Kier alpha value is -2.30. The summed E-state index contributed by atoms with van der Waals surface area (Å²) in [7, 11) is 0. The fraction of sp³-hybridized carbons (Fsp3) is 0.429. The highest BCUT2D eigenvalue weighted by Gasteiger charge is 2.55. The van der Waals surface area contributed by atoms with E-state index in [9.17, 15) is 0 Å². The molecule has 1 aromatic heterocycles. The quantitative estimate of drug-likeness (QED) is 0.476. The number of amidine groups is 1. The molecule has 0 fully saturated rings. The maximum Gasteiger partial charge on any atom is 0.135 e. The van der Waals surface area contributed by atoms with Crippen LogP contribution in [0.15, 0.2) is 64.8 Å². The summed E-state index contributed by atoms with van der Waals surface area (Å²) in [6.07, 6.45) is 8.95. The molecule has 1 aromatic carbocycles. The van der Waals surface area contributed by atoms with E-state index in [0.29, 0.717) is 11.6 Å². The zero-order chi connectivity index (χ0) is 24.7. The topological polar surface area (TPSA) is 46.5 Å². The molecule has 2 aromatic rings. The lowest BCUT2D eigenvalue weighted by molar-refractivity contribution is 0.198. The molecule has 2 aliphatic rings. The molecule has 3 atom stereocenters. The van der Waals surface area contributed by atoms with Crippen LogP contribution in [-0.2, 0) is 11.0 Å². The third kappa shape index (κ3) is 4.38. The molecule has 6 heteroatoms. The third-order valence-corrected chi connectivity index (χ3v) is 7.65. The predicted octanol–water partition coefficient (Wildman–Crippen LogP) is 7.15. The van der Waals surface area contributed by atoms with Gasteiger partial charge in [-0.2, -0.15) is 0 Å². The van der Waals surface area contributed by atoms with Crippen LogP contribution >= 0.6 is 23.2 Å². The van der Waals surface area contributed by atoms with Crippen molar-refractivity contribution in [2.45, 2.75) is 64.5 Å². The predicted molar refractivity (Wildman–Crippen MR) is 142 cm³/mol. The van der Waals surface area contributed by atoms with Crippen molar-refractivity contribution in [3.8, 4) is 5.75 Å². The van der Waals surface area contributed by atoms with E-state index < -0.39 is 11.1 Å². The molecule has 4 nitrogen and oxygen atoms in total. The van der Waals surface area contributed by atoms with Gasteiger partial charge in [-0.1, -0.05) is 68.3 Å². The van der Waals surface area contributed by atoms with E-state index in [1.807, 2.05) is 37.4 Å². The van der Waals surface area contributed by atoms with E-state index >= 15 is 0 Å². The van der Waals surface area contributed by atoms with E-state index in [4.69, 9.17) is 37.9 Å². The lowest BCUT2D eigenvalue weighted by Gasteiger charge is -2.45. The monoisotopic (exact) mass is 497 g/mol. The molecule has 1 aliphatic heterocycles. The number of rotatable bonds is 5. The van der Waals surface area contributed by atoms with Crippen LogP contribution in [0.3, 0.4) is 0 Å². The fourth-order valence-corrected chi connectivity index (χ4v) is 5.07. The van der Waals surface area contributed by atoms with Crippen LogP contribution in [0.2, 0.25) is 5.02 Å². The Morgan fingerprint density at radius 3 is 2.44 bits per heavy atom. The van der Waals surface area contributed by atoms with Gasteiger partial charge in [0.15, 0.2) is 0 Å². The molecule has 2 unspecified atom stereocenters. The van der Waals surface area contributed by atoms with Gasteiger partial charge in [0.05, 0.1) is 17.7 Å². The van der Waals surface area contributed by atoms with Crippen LogP contribution in [0.4, 0.5) is 0 Å². The number of halogens is 2. The molecule has 0 radical (unpaired) electrons. The van der Waals surface area contributed by atoms with Gasteiger partial charge in [-0.25, -0.2) is 0 Å². The van der Waals surface area contributed by atoms with E-state index in [-0.39, 0.29) is 11.3 Å². The Morgan fingerprint density at radius 2 is 1.85 bits per heavy atom. The normalized spacial score (nSPS) is 26.6. The lowest BCUT2D eigenvalue weighted by Crippen LogP contribution is -2.57. The third-order valence-electron chi connectivity index (χ3n) is 7.12. The highest BCUT2D eigenvalue weighted by Crippen LogP contribution is 2.48. The largest absolute Gasteiger partial charge is 0.493 e. The number of allylic oxidation sites excluding steroid dienone is 3. The number of hydrogen-bond acceptors (Lipinski definition) is 4. The summed E-state index contributed by atoms with van der Waals surface area (Å²) in [5.41, 5.74) is 1.87.